The molecule has 2 atom stereocenters. The first kappa shape index (κ1) is 10.1. The predicted molar refractivity (Wildman–Crippen MR) is 67.1 cm³/mol. The summed E-state index contributed by atoms with van der Waals surface area (Å²) in [5.41, 5.74) is 2.94. The maximum atomic E-state index is 4.21. The number of rotatable bonds is 2. The molecule has 1 heterocycles. The van der Waals surface area contributed by atoms with Crippen molar-refractivity contribution in [2.75, 3.05) is 13.1 Å². The fraction of sp³-hybridized carbons (Fsp3) is 0.467. The summed E-state index contributed by atoms with van der Waals surface area (Å²) in [6.45, 7) is 7.83. The minimum atomic E-state index is 0.795. The topological polar surface area (TPSA) is 3.24 Å². The van der Waals surface area contributed by atoms with Gasteiger partial charge >= 0.3 is 0 Å². The summed E-state index contributed by atoms with van der Waals surface area (Å²) in [7, 11) is 0. The summed E-state index contributed by atoms with van der Waals surface area (Å²) in [4.78, 5) is 2.59. The van der Waals surface area contributed by atoms with Crippen molar-refractivity contribution in [2.24, 2.45) is 11.8 Å². The summed E-state index contributed by atoms with van der Waals surface area (Å²) in [5, 5.41) is 0. The predicted octanol–water partition coefficient (Wildman–Crippen LogP) is 3.08. The smallest absolute Gasteiger partial charge is 0.0234 e. The summed E-state index contributed by atoms with van der Waals surface area (Å²) in [6, 6.07) is 10.8. The molecule has 1 aromatic carbocycles. The molecule has 0 aromatic heterocycles. The zero-order valence-electron chi connectivity index (χ0n) is 9.73. The van der Waals surface area contributed by atoms with Gasteiger partial charge in [0.1, 0.15) is 0 Å². The van der Waals surface area contributed by atoms with Gasteiger partial charge in [0, 0.05) is 19.6 Å². The molecule has 1 aliphatic carbocycles. The van der Waals surface area contributed by atoms with Gasteiger partial charge in [-0.25, -0.2) is 0 Å². The molecule has 1 aliphatic heterocycles. The molecule has 1 saturated heterocycles. The summed E-state index contributed by atoms with van der Waals surface area (Å²) >= 11 is 0. The summed E-state index contributed by atoms with van der Waals surface area (Å²) < 4.78 is 0. The van der Waals surface area contributed by atoms with E-state index < -0.39 is 0 Å². The minimum absolute atomic E-state index is 0.795. The summed E-state index contributed by atoms with van der Waals surface area (Å²) in [5.74, 6) is 1.69. The average Bonchev–Trinajstić information content (AvgIpc) is 2.83. The van der Waals surface area contributed by atoms with Gasteiger partial charge in [0.05, 0.1) is 0 Å². The van der Waals surface area contributed by atoms with Crippen LogP contribution < -0.4 is 0 Å². The molecule has 16 heavy (non-hydrogen) atoms. The Balaban J connectivity index is 1.65. The lowest BCUT2D eigenvalue weighted by Gasteiger charge is -2.16. The molecule has 0 bridgehead atoms. The Bertz CT molecular complexity index is 382. The van der Waals surface area contributed by atoms with Gasteiger partial charge in [-0.05, 0) is 30.2 Å². The average molecular weight is 213 g/mol. The van der Waals surface area contributed by atoms with Crippen LogP contribution in [0.1, 0.15) is 18.4 Å². The normalized spacial score (nSPS) is 29.6. The highest BCUT2D eigenvalue weighted by Crippen LogP contribution is 2.41. The van der Waals surface area contributed by atoms with E-state index in [2.05, 4.69) is 41.8 Å². The Morgan fingerprint density at radius 3 is 2.75 bits per heavy atom. The van der Waals surface area contributed by atoms with Crippen LogP contribution in [0.15, 0.2) is 42.5 Å². The van der Waals surface area contributed by atoms with E-state index in [0.717, 1.165) is 18.4 Å². The second kappa shape index (κ2) is 4.06. The summed E-state index contributed by atoms with van der Waals surface area (Å²) in [6.07, 6.45) is 2.64. The van der Waals surface area contributed by atoms with Gasteiger partial charge in [-0.2, -0.15) is 0 Å². The molecule has 0 amide bonds. The van der Waals surface area contributed by atoms with E-state index in [0.29, 0.717) is 0 Å². The standard InChI is InChI=1S/C15H19N/c1-12-7-8-14-10-16(11-15(12)14)9-13-5-3-2-4-6-13/h2-6,14-15H,1,7-11H2. The van der Waals surface area contributed by atoms with Crippen LogP contribution in [0, 0.1) is 11.8 Å². The van der Waals surface area contributed by atoms with Gasteiger partial charge in [0.25, 0.3) is 0 Å². The highest BCUT2D eigenvalue weighted by Gasteiger charge is 2.37. The first-order valence-corrected chi connectivity index (χ1v) is 6.27. The van der Waals surface area contributed by atoms with E-state index in [4.69, 9.17) is 0 Å². The van der Waals surface area contributed by atoms with Crippen LogP contribution in [0.5, 0.6) is 0 Å². The van der Waals surface area contributed by atoms with Crippen molar-refractivity contribution in [1.29, 1.82) is 0 Å². The Kier molecular flexibility index (Phi) is 2.56. The molecule has 1 aromatic rings. The third-order valence-electron chi connectivity index (χ3n) is 4.13. The van der Waals surface area contributed by atoms with Gasteiger partial charge in [0.2, 0.25) is 0 Å². The quantitative estimate of drug-likeness (QED) is 0.682. The van der Waals surface area contributed by atoms with Gasteiger partial charge in [-0.1, -0.05) is 42.5 Å². The Morgan fingerprint density at radius 2 is 2.00 bits per heavy atom. The lowest BCUT2D eigenvalue weighted by atomic mass is 9.98. The third kappa shape index (κ3) is 1.80. The van der Waals surface area contributed by atoms with Gasteiger partial charge in [0.15, 0.2) is 0 Å². The SMILES string of the molecule is C=C1CCC2CN(Cc3ccccc3)CC12. The molecule has 84 valence electrons. The van der Waals surface area contributed by atoms with Crippen LogP contribution in [0.3, 0.4) is 0 Å². The van der Waals surface area contributed by atoms with Gasteiger partial charge in [-0.15, -0.1) is 0 Å². The van der Waals surface area contributed by atoms with Crippen LogP contribution in [0.4, 0.5) is 0 Å². The maximum absolute atomic E-state index is 4.21. The Hall–Kier alpha value is -1.08. The Labute approximate surface area is 97.8 Å². The van der Waals surface area contributed by atoms with E-state index in [9.17, 15) is 0 Å². The number of nitrogens with zero attached hydrogens (tertiary/aromatic N) is 1. The zero-order valence-corrected chi connectivity index (χ0v) is 9.73. The number of hydrogen-bond acceptors (Lipinski definition) is 1. The second-order valence-corrected chi connectivity index (χ2v) is 5.24. The third-order valence-corrected chi connectivity index (χ3v) is 4.13. The minimum Gasteiger partial charge on any atom is -0.298 e. The van der Waals surface area contributed by atoms with Crippen LogP contribution in [0.25, 0.3) is 0 Å². The molecule has 0 N–H and O–H groups in total. The molecule has 1 heteroatoms. The molecule has 2 aliphatic rings. The first-order valence-electron chi connectivity index (χ1n) is 6.27. The van der Waals surface area contributed by atoms with Crippen molar-refractivity contribution >= 4 is 0 Å². The van der Waals surface area contributed by atoms with E-state index in [-0.39, 0.29) is 0 Å². The van der Waals surface area contributed by atoms with E-state index in [1.165, 1.54) is 37.1 Å². The van der Waals surface area contributed by atoms with Crippen molar-refractivity contribution in [1.82, 2.24) is 4.90 Å². The number of likely N-dealkylation sites (tertiary alicyclic amines) is 1. The molecule has 0 radical (unpaired) electrons. The largest absolute Gasteiger partial charge is 0.298 e. The molecule has 2 unspecified atom stereocenters. The molecule has 3 rings (SSSR count). The van der Waals surface area contributed by atoms with Crippen LogP contribution in [-0.4, -0.2) is 18.0 Å². The van der Waals surface area contributed by atoms with Crippen molar-refractivity contribution < 1.29 is 0 Å². The van der Waals surface area contributed by atoms with Crippen LogP contribution >= 0.6 is 0 Å². The highest BCUT2D eigenvalue weighted by molar-refractivity contribution is 5.17. The molecular formula is C15H19N. The first-order chi connectivity index (χ1) is 7.83. The van der Waals surface area contributed by atoms with E-state index in [1.54, 1.807) is 0 Å². The monoisotopic (exact) mass is 213 g/mol. The van der Waals surface area contributed by atoms with E-state index in [1.807, 2.05) is 0 Å². The Morgan fingerprint density at radius 1 is 1.19 bits per heavy atom. The van der Waals surface area contributed by atoms with Crippen LogP contribution in [-0.2, 0) is 6.54 Å². The second-order valence-electron chi connectivity index (χ2n) is 5.24. The molecule has 0 spiro atoms. The van der Waals surface area contributed by atoms with Crippen molar-refractivity contribution in [3.8, 4) is 0 Å². The van der Waals surface area contributed by atoms with Crippen LogP contribution in [0.2, 0.25) is 0 Å². The molecular weight excluding hydrogens is 194 g/mol. The lowest BCUT2D eigenvalue weighted by Crippen LogP contribution is -2.21. The van der Waals surface area contributed by atoms with Crippen molar-refractivity contribution in [2.45, 2.75) is 19.4 Å². The number of fused-ring (bicyclic) bond motifs is 1. The fourth-order valence-electron chi connectivity index (χ4n) is 3.24. The zero-order chi connectivity index (χ0) is 11.0. The molecule has 1 saturated carbocycles. The van der Waals surface area contributed by atoms with Crippen molar-refractivity contribution in [3.05, 3.63) is 48.0 Å². The lowest BCUT2D eigenvalue weighted by molar-refractivity contribution is 0.309. The highest BCUT2D eigenvalue weighted by atomic mass is 15.2. The maximum Gasteiger partial charge on any atom is 0.0234 e. The van der Waals surface area contributed by atoms with E-state index >= 15 is 0 Å². The number of hydrogen-bond donors (Lipinski definition) is 0. The molecule has 2 fully saturated rings. The van der Waals surface area contributed by atoms with Gasteiger partial charge < -0.3 is 0 Å². The van der Waals surface area contributed by atoms with Gasteiger partial charge in [-0.3, -0.25) is 4.90 Å². The van der Waals surface area contributed by atoms with Crippen molar-refractivity contribution in [3.63, 3.8) is 0 Å². The molecule has 1 nitrogen and oxygen atoms in total. The fourth-order valence-corrected chi connectivity index (χ4v) is 3.24. The number of benzene rings is 1.